The van der Waals surface area contributed by atoms with Gasteiger partial charge in [-0.3, -0.25) is 4.79 Å². The van der Waals surface area contributed by atoms with E-state index >= 15 is 0 Å². The predicted molar refractivity (Wildman–Crippen MR) is 88.4 cm³/mol. The Morgan fingerprint density at radius 2 is 1.87 bits per heavy atom. The number of esters is 1. The highest BCUT2D eigenvalue weighted by molar-refractivity contribution is 6.02. The van der Waals surface area contributed by atoms with Crippen LogP contribution in [-0.2, 0) is 22.4 Å². The van der Waals surface area contributed by atoms with Gasteiger partial charge in [0.2, 0.25) is 0 Å². The molecule has 1 unspecified atom stereocenters. The lowest BCUT2D eigenvalue weighted by molar-refractivity contribution is -0.134. The number of rotatable bonds is 3. The zero-order valence-corrected chi connectivity index (χ0v) is 13.3. The molecule has 0 fully saturated rings. The minimum absolute atomic E-state index is 0.304. The van der Waals surface area contributed by atoms with E-state index in [0.717, 1.165) is 23.2 Å². The summed E-state index contributed by atoms with van der Waals surface area (Å²) < 4.78 is 5.46. The molecule has 2 aromatic carbocycles. The second kappa shape index (κ2) is 5.88. The van der Waals surface area contributed by atoms with Gasteiger partial charge in [0.05, 0.1) is 5.56 Å². The normalized spacial score (nSPS) is 19.7. The van der Waals surface area contributed by atoms with Gasteiger partial charge >= 0.3 is 5.97 Å². The number of cyclic esters (lactones) is 1. The number of hydrogen-bond donors (Lipinski definition) is 1. The fourth-order valence-corrected chi connectivity index (χ4v) is 2.86. The van der Waals surface area contributed by atoms with Crippen LogP contribution in [0.25, 0.3) is 0 Å². The first kappa shape index (κ1) is 15.3. The van der Waals surface area contributed by atoms with Crippen LogP contribution in [0.1, 0.15) is 35.3 Å². The maximum Gasteiger partial charge on any atom is 0.339 e. The molecule has 1 amide bonds. The van der Waals surface area contributed by atoms with E-state index in [9.17, 15) is 9.59 Å². The molecule has 1 N–H and O–H groups in total. The standard InChI is InChI=1S/C19H19NO3/c1-3-13-8-5-7-11-16(13)20-18(22)19(2)12-14-9-4-6-10-15(14)17(21)23-19/h4-11H,3,12H2,1-2H3,(H,20,22). The lowest BCUT2D eigenvalue weighted by Crippen LogP contribution is -2.49. The van der Waals surface area contributed by atoms with Crippen LogP contribution in [0.5, 0.6) is 0 Å². The van der Waals surface area contributed by atoms with Gasteiger partial charge in [-0.15, -0.1) is 0 Å². The molecule has 1 atom stereocenters. The van der Waals surface area contributed by atoms with Crippen LogP contribution in [0.15, 0.2) is 48.5 Å². The van der Waals surface area contributed by atoms with Gasteiger partial charge in [-0.2, -0.15) is 0 Å². The third-order valence-corrected chi connectivity index (χ3v) is 4.21. The number of anilines is 1. The Morgan fingerprint density at radius 1 is 1.17 bits per heavy atom. The smallest absolute Gasteiger partial charge is 0.339 e. The molecule has 0 aliphatic carbocycles. The van der Waals surface area contributed by atoms with Crippen LogP contribution in [0.2, 0.25) is 0 Å². The van der Waals surface area contributed by atoms with Crippen LogP contribution in [0.3, 0.4) is 0 Å². The second-order valence-corrected chi connectivity index (χ2v) is 5.92. The first-order valence-corrected chi connectivity index (χ1v) is 7.74. The number of aryl methyl sites for hydroxylation is 1. The van der Waals surface area contributed by atoms with E-state index in [0.29, 0.717) is 12.0 Å². The maximum absolute atomic E-state index is 12.7. The molecule has 1 aliphatic rings. The molecule has 4 heteroatoms. The van der Waals surface area contributed by atoms with Crippen LogP contribution in [-0.4, -0.2) is 17.5 Å². The van der Waals surface area contributed by atoms with E-state index in [4.69, 9.17) is 4.74 Å². The first-order chi connectivity index (χ1) is 11.0. The maximum atomic E-state index is 12.7. The van der Waals surface area contributed by atoms with E-state index in [-0.39, 0.29) is 5.91 Å². The van der Waals surface area contributed by atoms with Crippen molar-refractivity contribution in [3.8, 4) is 0 Å². The van der Waals surface area contributed by atoms with Crippen LogP contribution < -0.4 is 5.32 Å². The van der Waals surface area contributed by atoms with Gasteiger partial charge in [-0.25, -0.2) is 4.79 Å². The summed E-state index contributed by atoms with van der Waals surface area (Å²) in [5.74, 6) is -0.755. The minimum atomic E-state index is -1.20. The number of amides is 1. The zero-order chi connectivity index (χ0) is 16.4. The Bertz CT molecular complexity index is 769. The molecule has 2 aromatic rings. The summed E-state index contributed by atoms with van der Waals surface area (Å²) in [6.07, 6.45) is 1.19. The quantitative estimate of drug-likeness (QED) is 0.885. The third kappa shape index (κ3) is 2.84. The summed E-state index contributed by atoms with van der Waals surface area (Å²) >= 11 is 0. The van der Waals surface area contributed by atoms with Crippen molar-refractivity contribution in [3.05, 3.63) is 65.2 Å². The molecular formula is C19H19NO3. The first-order valence-electron chi connectivity index (χ1n) is 7.74. The molecule has 3 rings (SSSR count). The number of hydrogen-bond acceptors (Lipinski definition) is 3. The molecule has 0 spiro atoms. The van der Waals surface area contributed by atoms with Crippen molar-refractivity contribution in [2.24, 2.45) is 0 Å². The second-order valence-electron chi connectivity index (χ2n) is 5.92. The van der Waals surface area contributed by atoms with Crippen molar-refractivity contribution in [1.29, 1.82) is 0 Å². The molecule has 0 bridgehead atoms. The molecule has 4 nitrogen and oxygen atoms in total. The molecule has 0 saturated heterocycles. The number of carbonyl (C=O) groups is 2. The number of para-hydroxylation sites is 1. The van der Waals surface area contributed by atoms with Gasteiger partial charge < -0.3 is 10.1 Å². The SMILES string of the molecule is CCc1ccccc1NC(=O)C1(C)Cc2ccccc2C(=O)O1. The van der Waals surface area contributed by atoms with E-state index in [1.54, 1.807) is 19.1 Å². The summed E-state index contributed by atoms with van der Waals surface area (Å²) in [7, 11) is 0. The number of ether oxygens (including phenoxy) is 1. The number of benzene rings is 2. The van der Waals surface area contributed by atoms with Gasteiger partial charge in [0.1, 0.15) is 0 Å². The topological polar surface area (TPSA) is 55.4 Å². The van der Waals surface area contributed by atoms with Gasteiger partial charge in [-0.1, -0.05) is 43.3 Å². The van der Waals surface area contributed by atoms with E-state index in [1.807, 2.05) is 43.3 Å². The number of carbonyl (C=O) groups excluding carboxylic acids is 2. The molecule has 0 radical (unpaired) electrons. The fourth-order valence-electron chi connectivity index (χ4n) is 2.86. The van der Waals surface area contributed by atoms with Crippen molar-refractivity contribution in [3.63, 3.8) is 0 Å². The largest absolute Gasteiger partial charge is 0.445 e. The zero-order valence-electron chi connectivity index (χ0n) is 13.3. The van der Waals surface area contributed by atoms with Gasteiger partial charge in [0.15, 0.2) is 5.60 Å². The number of nitrogens with one attached hydrogen (secondary N) is 1. The molecule has 0 aromatic heterocycles. The highest BCUT2D eigenvalue weighted by Crippen LogP contribution is 2.29. The Labute approximate surface area is 135 Å². The average Bonchev–Trinajstić information content (AvgIpc) is 2.55. The lowest BCUT2D eigenvalue weighted by atomic mass is 9.89. The molecule has 118 valence electrons. The highest BCUT2D eigenvalue weighted by Gasteiger charge is 2.42. The average molecular weight is 309 g/mol. The third-order valence-electron chi connectivity index (χ3n) is 4.21. The monoisotopic (exact) mass is 309 g/mol. The fraction of sp³-hybridized carbons (Fsp3) is 0.263. The lowest BCUT2D eigenvalue weighted by Gasteiger charge is -2.33. The summed E-state index contributed by atoms with van der Waals surface area (Å²) in [6, 6.07) is 14.9. The summed E-state index contributed by atoms with van der Waals surface area (Å²) in [5, 5.41) is 2.91. The van der Waals surface area contributed by atoms with Gasteiger partial charge in [0, 0.05) is 12.1 Å². The molecule has 1 aliphatic heterocycles. The van der Waals surface area contributed by atoms with Crippen molar-refractivity contribution < 1.29 is 14.3 Å². The van der Waals surface area contributed by atoms with Crippen molar-refractivity contribution in [1.82, 2.24) is 0 Å². The summed E-state index contributed by atoms with van der Waals surface area (Å²) in [6.45, 7) is 3.69. The van der Waals surface area contributed by atoms with Gasteiger partial charge in [0.25, 0.3) is 5.91 Å². The number of fused-ring (bicyclic) bond motifs is 1. The highest BCUT2D eigenvalue weighted by atomic mass is 16.6. The van der Waals surface area contributed by atoms with Crippen molar-refractivity contribution in [2.75, 3.05) is 5.32 Å². The van der Waals surface area contributed by atoms with Crippen LogP contribution >= 0.6 is 0 Å². The summed E-state index contributed by atoms with van der Waals surface area (Å²) in [4.78, 5) is 24.9. The minimum Gasteiger partial charge on any atom is -0.445 e. The molecule has 0 saturated carbocycles. The Hall–Kier alpha value is -2.62. The van der Waals surface area contributed by atoms with Crippen LogP contribution in [0.4, 0.5) is 5.69 Å². The van der Waals surface area contributed by atoms with Crippen molar-refractivity contribution in [2.45, 2.75) is 32.3 Å². The van der Waals surface area contributed by atoms with Gasteiger partial charge in [-0.05, 0) is 36.6 Å². The molecule has 23 heavy (non-hydrogen) atoms. The Kier molecular flexibility index (Phi) is 3.90. The summed E-state index contributed by atoms with van der Waals surface area (Å²) in [5.41, 5.74) is 1.98. The Balaban J connectivity index is 1.86. The molecule has 1 heterocycles. The van der Waals surface area contributed by atoms with Crippen molar-refractivity contribution >= 4 is 17.6 Å². The van der Waals surface area contributed by atoms with E-state index in [2.05, 4.69) is 5.32 Å². The predicted octanol–water partition coefficient (Wildman–Crippen LogP) is 3.36. The van der Waals surface area contributed by atoms with E-state index in [1.165, 1.54) is 0 Å². The van der Waals surface area contributed by atoms with E-state index < -0.39 is 11.6 Å². The Morgan fingerprint density at radius 3 is 2.65 bits per heavy atom. The molecular weight excluding hydrogens is 290 g/mol. The van der Waals surface area contributed by atoms with Crippen LogP contribution in [0, 0.1) is 0 Å².